The number of allylic oxidation sites excluding steroid dienone is 1. The number of rotatable bonds is 7. The van der Waals surface area contributed by atoms with Crippen molar-refractivity contribution < 1.29 is 44.6 Å². The van der Waals surface area contributed by atoms with E-state index in [1.165, 1.54) is 0 Å². The van der Waals surface area contributed by atoms with Crippen LogP contribution in [0.25, 0.3) is 0 Å². The molecular weight excluding hydrogens is 219 g/mol. The summed E-state index contributed by atoms with van der Waals surface area (Å²) >= 11 is 0. The van der Waals surface area contributed by atoms with Crippen molar-refractivity contribution in [1.82, 2.24) is 5.32 Å². The Balaban J connectivity index is 0. The molecule has 0 aliphatic carbocycles. The number of carboxylic acid groups (broad SMARTS) is 1. The summed E-state index contributed by atoms with van der Waals surface area (Å²) in [4.78, 5) is 13.7. The van der Waals surface area contributed by atoms with Gasteiger partial charge in [0, 0.05) is 19.2 Å². The number of hydrogen-bond donors (Lipinski definition) is 2. The Morgan fingerprint density at radius 3 is 2.75 bits per heavy atom. The second kappa shape index (κ2) is 12.4. The van der Waals surface area contributed by atoms with E-state index < -0.39 is 11.9 Å². The van der Waals surface area contributed by atoms with Crippen molar-refractivity contribution in [2.24, 2.45) is 4.99 Å². The Bertz CT molecular complexity index is 275. The Kier molecular flexibility index (Phi) is 13.8. The quantitative estimate of drug-likeness (QED) is 0.120. The van der Waals surface area contributed by atoms with Gasteiger partial charge in [0.15, 0.2) is 0 Å². The van der Waals surface area contributed by atoms with Crippen LogP contribution in [0, 0.1) is 0 Å². The van der Waals surface area contributed by atoms with Gasteiger partial charge in [0.1, 0.15) is 0 Å². The number of aliphatic carboxylic acids is 1. The van der Waals surface area contributed by atoms with Gasteiger partial charge < -0.3 is 15.5 Å². The smallest absolute Gasteiger partial charge is 0.859 e. The Morgan fingerprint density at radius 2 is 2.19 bits per heavy atom. The zero-order valence-electron chi connectivity index (χ0n) is 9.64. The third kappa shape index (κ3) is 13.4. The van der Waals surface area contributed by atoms with Crippen molar-refractivity contribution in [2.45, 2.75) is 6.92 Å². The average molecular weight is 234 g/mol. The number of nitrogens with one attached hydrogen (secondary N) is 1. The first-order valence-electron chi connectivity index (χ1n) is 4.61. The van der Waals surface area contributed by atoms with E-state index in [1.54, 1.807) is 0 Å². The molecule has 2 N–H and O–H groups in total. The van der Waals surface area contributed by atoms with Gasteiger partial charge in [-0.3, -0.25) is 4.99 Å². The fraction of sp³-hybridized carbons (Fsp3) is 0.400. The molecule has 0 unspecified atom stereocenters. The van der Waals surface area contributed by atoms with Crippen LogP contribution in [-0.4, -0.2) is 36.6 Å². The molecule has 0 fully saturated rings. The van der Waals surface area contributed by atoms with Gasteiger partial charge in [-0.2, -0.15) is 0 Å². The maximum Gasteiger partial charge on any atom is 1.00 e. The zero-order chi connectivity index (χ0) is 11.5. The van der Waals surface area contributed by atoms with Crippen LogP contribution in [0.2, 0.25) is 0 Å². The number of carbonyl (C=O) groups is 1. The molecule has 0 aliphatic rings. The van der Waals surface area contributed by atoms with E-state index in [-0.39, 0.29) is 29.6 Å². The van der Waals surface area contributed by atoms with Crippen molar-refractivity contribution in [1.29, 1.82) is 0 Å². The normalized spacial score (nSPS) is 11.9. The largest absolute Gasteiger partial charge is 1.00 e. The molecule has 0 amide bonds. The molecule has 6 heteroatoms. The minimum Gasteiger partial charge on any atom is -0.859 e. The summed E-state index contributed by atoms with van der Waals surface area (Å²) < 4.78 is 0. The van der Waals surface area contributed by atoms with Gasteiger partial charge >= 0.3 is 35.5 Å². The van der Waals surface area contributed by atoms with Crippen LogP contribution in [-0.2, 0) is 4.79 Å². The summed E-state index contributed by atoms with van der Waals surface area (Å²) in [5.74, 6) is -1.67. The first kappa shape index (κ1) is 17.8. The van der Waals surface area contributed by atoms with Crippen LogP contribution in [0.15, 0.2) is 29.3 Å². The van der Waals surface area contributed by atoms with E-state index in [0.717, 1.165) is 18.7 Å². The average Bonchev–Trinajstić information content (AvgIpc) is 2.20. The van der Waals surface area contributed by atoms with Crippen molar-refractivity contribution in [3.05, 3.63) is 24.3 Å². The predicted molar refractivity (Wildman–Crippen MR) is 56.8 cm³/mol. The van der Waals surface area contributed by atoms with E-state index >= 15 is 0 Å². The SMILES string of the molecule is C/C=C/CNCCN=C([O-])/C=C/C(=O)O.[Na+]. The van der Waals surface area contributed by atoms with E-state index in [4.69, 9.17) is 5.11 Å². The van der Waals surface area contributed by atoms with Gasteiger partial charge in [-0.1, -0.05) is 12.2 Å². The molecule has 0 spiro atoms. The molecule has 84 valence electrons. The Hall–Kier alpha value is -0.620. The van der Waals surface area contributed by atoms with Crippen LogP contribution in [0.3, 0.4) is 0 Å². The first-order valence-corrected chi connectivity index (χ1v) is 4.61. The third-order valence-electron chi connectivity index (χ3n) is 1.42. The molecule has 0 saturated heterocycles. The third-order valence-corrected chi connectivity index (χ3v) is 1.42. The molecule has 0 aromatic rings. The van der Waals surface area contributed by atoms with Crippen molar-refractivity contribution in [3.63, 3.8) is 0 Å². The first-order chi connectivity index (χ1) is 7.16. The van der Waals surface area contributed by atoms with Crippen LogP contribution in [0.5, 0.6) is 0 Å². The molecule has 0 rings (SSSR count). The second-order valence-electron chi connectivity index (χ2n) is 2.66. The molecular formula is C10H15N2NaO3. The van der Waals surface area contributed by atoms with E-state index in [2.05, 4.69) is 10.3 Å². The van der Waals surface area contributed by atoms with Crippen LogP contribution < -0.4 is 40.0 Å². The van der Waals surface area contributed by atoms with Gasteiger partial charge in [0.05, 0.1) is 6.54 Å². The van der Waals surface area contributed by atoms with Gasteiger partial charge in [-0.15, -0.1) is 0 Å². The van der Waals surface area contributed by atoms with Crippen LogP contribution >= 0.6 is 0 Å². The standard InChI is InChI=1S/C10H16N2O3.Na/c1-2-3-6-11-7-8-12-9(13)4-5-10(14)15;/h2-5,11H,6-8H2,1H3,(H,12,13)(H,14,15);/q;+1/p-1/b3-2+,5-4+;. The Morgan fingerprint density at radius 1 is 1.50 bits per heavy atom. The second-order valence-corrected chi connectivity index (χ2v) is 2.66. The minimum atomic E-state index is -1.15. The zero-order valence-corrected chi connectivity index (χ0v) is 11.6. The summed E-state index contributed by atoms with van der Waals surface area (Å²) in [7, 11) is 0. The van der Waals surface area contributed by atoms with E-state index in [9.17, 15) is 9.90 Å². The maximum absolute atomic E-state index is 10.9. The molecule has 0 bridgehead atoms. The van der Waals surface area contributed by atoms with Gasteiger partial charge in [-0.25, -0.2) is 4.79 Å². The monoisotopic (exact) mass is 234 g/mol. The molecule has 0 atom stereocenters. The molecule has 0 radical (unpaired) electrons. The summed E-state index contributed by atoms with van der Waals surface area (Å²) in [6, 6.07) is 0. The molecule has 0 aromatic heterocycles. The minimum absolute atomic E-state index is 0. The fourth-order valence-corrected chi connectivity index (χ4v) is 0.744. The topological polar surface area (TPSA) is 84.8 Å². The van der Waals surface area contributed by atoms with E-state index in [1.807, 2.05) is 19.1 Å². The van der Waals surface area contributed by atoms with Gasteiger partial charge in [0.2, 0.25) is 0 Å². The van der Waals surface area contributed by atoms with Crippen LogP contribution in [0.1, 0.15) is 6.92 Å². The number of hydrogen-bond acceptors (Lipinski definition) is 4. The number of aliphatic imine (C=N–C) groups is 1. The van der Waals surface area contributed by atoms with Gasteiger partial charge in [-0.05, 0) is 18.9 Å². The predicted octanol–water partition coefficient (Wildman–Crippen LogP) is -3.44. The maximum atomic E-state index is 10.9. The van der Waals surface area contributed by atoms with Crippen molar-refractivity contribution >= 4 is 11.9 Å². The van der Waals surface area contributed by atoms with Gasteiger partial charge in [0.25, 0.3) is 0 Å². The van der Waals surface area contributed by atoms with E-state index in [0.29, 0.717) is 13.1 Å². The van der Waals surface area contributed by atoms with Crippen molar-refractivity contribution in [2.75, 3.05) is 19.6 Å². The Labute approximate surface area is 117 Å². The number of carboxylic acids is 1. The molecule has 0 aromatic carbocycles. The summed E-state index contributed by atoms with van der Waals surface area (Å²) in [6.07, 6.45) is 5.59. The molecule has 5 nitrogen and oxygen atoms in total. The summed E-state index contributed by atoms with van der Waals surface area (Å²) in [6.45, 7) is 3.61. The summed E-state index contributed by atoms with van der Waals surface area (Å²) in [5.41, 5.74) is 0. The molecule has 16 heavy (non-hydrogen) atoms. The summed E-state index contributed by atoms with van der Waals surface area (Å²) in [5, 5.41) is 22.1. The van der Waals surface area contributed by atoms with Crippen molar-refractivity contribution in [3.8, 4) is 0 Å². The molecule has 0 aliphatic heterocycles. The molecule has 0 heterocycles. The van der Waals surface area contributed by atoms with Crippen LogP contribution in [0.4, 0.5) is 0 Å². The fourth-order valence-electron chi connectivity index (χ4n) is 0.744. The molecule has 0 saturated carbocycles. The number of nitrogens with zero attached hydrogens (tertiary/aromatic N) is 1.